The zero-order chi connectivity index (χ0) is 39.4. The van der Waals surface area contributed by atoms with E-state index in [0.29, 0.717) is 5.57 Å². The lowest BCUT2D eigenvalue weighted by Gasteiger charge is -2.36. The standard InChI is InChI=1S/C42H58O10/c1-9-14-28(2)17-12-18-29(3)15-10-11-16-30(4)19-13-20-31(5)21-22-33-32(6)39(48)36(25-42(33,7)8)52-38(47)24-23-37(46)51-27-35(45)41(50)40(49)34(44)26-43/h9-22,34-36,40-41,43-45,49-50H,23-27H2,1-8H3/b11-10+,14-9+,18-12+,19-13+,22-21+,28-17+,29-15+,30-16+,31-20+. The lowest BCUT2D eigenvalue weighted by atomic mass is 9.71. The molecule has 0 bridgehead atoms. The van der Waals surface area contributed by atoms with Crippen LogP contribution in [0.1, 0.15) is 74.7 Å². The number of aliphatic hydroxyl groups is 5. The molecule has 0 spiro atoms. The fourth-order valence-electron chi connectivity index (χ4n) is 5.15. The third kappa shape index (κ3) is 16.9. The number of esters is 2. The fourth-order valence-corrected chi connectivity index (χ4v) is 5.15. The molecule has 52 heavy (non-hydrogen) atoms. The van der Waals surface area contributed by atoms with Crippen molar-refractivity contribution >= 4 is 17.7 Å². The second-order valence-electron chi connectivity index (χ2n) is 13.5. The van der Waals surface area contributed by atoms with Crippen LogP contribution in [0.4, 0.5) is 0 Å². The SMILES string of the molecule is C/C=C/C(C)=C/C=C/C(C)=C/C=C/C=C(C)/C=C/C=C(C)/C=C/C1=C(C)C(=O)C(OC(=O)CCC(=O)OCC(O)C(O)C(O)C(O)CO)CC1(C)C. The van der Waals surface area contributed by atoms with Gasteiger partial charge in [-0.1, -0.05) is 121 Å². The van der Waals surface area contributed by atoms with Crippen LogP contribution in [0.25, 0.3) is 0 Å². The fraction of sp³-hybridized carbons (Fsp3) is 0.452. The minimum absolute atomic E-state index is 0.254. The molecule has 0 aromatic heterocycles. The predicted molar refractivity (Wildman–Crippen MR) is 204 cm³/mol. The van der Waals surface area contributed by atoms with Gasteiger partial charge < -0.3 is 35.0 Å². The first-order chi connectivity index (χ1) is 24.4. The monoisotopic (exact) mass is 722 g/mol. The van der Waals surface area contributed by atoms with Crippen molar-refractivity contribution in [2.45, 2.75) is 105 Å². The lowest BCUT2D eigenvalue weighted by Crippen LogP contribution is -2.47. The molecule has 0 aromatic rings. The van der Waals surface area contributed by atoms with Crippen molar-refractivity contribution in [2.24, 2.45) is 5.41 Å². The summed E-state index contributed by atoms with van der Waals surface area (Å²) in [4.78, 5) is 37.8. The number of aliphatic hydroxyl groups excluding tert-OH is 5. The summed E-state index contributed by atoms with van der Waals surface area (Å²) >= 11 is 0. The van der Waals surface area contributed by atoms with Gasteiger partial charge in [-0.05, 0) is 58.1 Å². The third-order valence-corrected chi connectivity index (χ3v) is 8.25. The van der Waals surface area contributed by atoms with Gasteiger partial charge in [0.25, 0.3) is 0 Å². The highest BCUT2D eigenvalue weighted by molar-refractivity contribution is 6.01. The Morgan fingerprint density at radius 1 is 0.769 bits per heavy atom. The molecular formula is C42H58O10. The molecule has 0 fully saturated rings. The summed E-state index contributed by atoms with van der Waals surface area (Å²) in [5.41, 5.74) is 5.23. The minimum Gasteiger partial charge on any atom is -0.463 e. The van der Waals surface area contributed by atoms with Crippen LogP contribution in [0.2, 0.25) is 0 Å². The van der Waals surface area contributed by atoms with Gasteiger partial charge in [0.05, 0.1) is 19.4 Å². The average Bonchev–Trinajstić information content (AvgIpc) is 3.09. The van der Waals surface area contributed by atoms with Gasteiger partial charge in [0.15, 0.2) is 11.9 Å². The van der Waals surface area contributed by atoms with Crippen LogP contribution >= 0.6 is 0 Å². The van der Waals surface area contributed by atoms with Crippen molar-refractivity contribution in [1.82, 2.24) is 0 Å². The Balaban J connectivity index is 2.74. The number of hydrogen-bond acceptors (Lipinski definition) is 10. The summed E-state index contributed by atoms with van der Waals surface area (Å²) in [5.74, 6) is -1.97. The minimum atomic E-state index is -1.88. The third-order valence-electron chi connectivity index (χ3n) is 8.25. The van der Waals surface area contributed by atoms with Gasteiger partial charge in [-0.3, -0.25) is 14.4 Å². The number of carbonyl (C=O) groups excluding carboxylic acids is 3. The van der Waals surface area contributed by atoms with Gasteiger partial charge >= 0.3 is 11.9 Å². The van der Waals surface area contributed by atoms with Crippen LogP contribution in [0.5, 0.6) is 0 Å². The molecule has 5 unspecified atom stereocenters. The highest BCUT2D eigenvalue weighted by atomic mass is 16.6. The Labute approximate surface area is 308 Å². The lowest BCUT2D eigenvalue weighted by molar-refractivity contribution is -0.161. The van der Waals surface area contributed by atoms with Gasteiger partial charge in [-0.25, -0.2) is 0 Å². The van der Waals surface area contributed by atoms with E-state index in [1.807, 2.05) is 101 Å². The number of ketones is 1. The summed E-state index contributed by atoms with van der Waals surface area (Å²) in [6, 6.07) is 0. The molecule has 10 nitrogen and oxygen atoms in total. The largest absolute Gasteiger partial charge is 0.463 e. The highest BCUT2D eigenvalue weighted by Crippen LogP contribution is 2.41. The van der Waals surface area contributed by atoms with Gasteiger partial charge in [0.1, 0.15) is 31.0 Å². The molecule has 0 amide bonds. The van der Waals surface area contributed by atoms with Crippen LogP contribution in [0.15, 0.2) is 119 Å². The van der Waals surface area contributed by atoms with E-state index in [1.54, 1.807) is 6.92 Å². The quantitative estimate of drug-likeness (QED) is 0.0841. The first kappa shape index (κ1) is 45.8. The van der Waals surface area contributed by atoms with E-state index >= 15 is 0 Å². The first-order valence-corrected chi connectivity index (χ1v) is 17.4. The Hall–Kier alpha value is -4.19. The number of rotatable bonds is 19. The molecule has 0 saturated carbocycles. The molecule has 5 N–H and O–H groups in total. The van der Waals surface area contributed by atoms with Crippen molar-refractivity contribution in [3.05, 3.63) is 119 Å². The maximum atomic E-state index is 13.2. The van der Waals surface area contributed by atoms with Crippen LogP contribution in [0, 0.1) is 5.41 Å². The summed E-state index contributed by atoms with van der Waals surface area (Å²) in [7, 11) is 0. The molecule has 0 aromatic carbocycles. The maximum Gasteiger partial charge on any atom is 0.307 e. The Kier molecular flexibility index (Phi) is 20.6. The van der Waals surface area contributed by atoms with E-state index in [4.69, 9.17) is 14.6 Å². The smallest absolute Gasteiger partial charge is 0.307 e. The summed E-state index contributed by atoms with van der Waals surface area (Å²) in [6.07, 6.45) is 19.4. The van der Waals surface area contributed by atoms with Crippen molar-refractivity contribution in [1.29, 1.82) is 0 Å². The molecule has 1 aliphatic carbocycles. The molecule has 0 aliphatic heterocycles. The second-order valence-corrected chi connectivity index (χ2v) is 13.5. The summed E-state index contributed by atoms with van der Waals surface area (Å²) in [5, 5.41) is 47.5. The number of carbonyl (C=O) groups is 3. The maximum absolute atomic E-state index is 13.2. The molecule has 1 aliphatic rings. The molecule has 10 heteroatoms. The van der Waals surface area contributed by atoms with E-state index in [-0.39, 0.29) is 18.6 Å². The van der Waals surface area contributed by atoms with Crippen LogP contribution in [0.3, 0.4) is 0 Å². The zero-order valence-corrected chi connectivity index (χ0v) is 31.8. The summed E-state index contributed by atoms with van der Waals surface area (Å²) < 4.78 is 10.3. The summed E-state index contributed by atoms with van der Waals surface area (Å²) in [6.45, 7) is 14.2. The normalized spacial score (nSPS) is 20.5. The zero-order valence-electron chi connectivity index (χ0n) is 31.8. The number of allylic oxidation sites excluding steroid dienone is 19. The van der Waals surface area contributed by atoms with E-state index in [0.717, 1.165) is 22.3 Å². The van der Waals surface area contributed by atoms with E-state index in [9.17, 15) is 34.8 Å². The van der Waals surface area contributed by atoms with E-state index < -0.39 is 67.5 Å². The molecule has 5 atom stereocenters. The Morgan fingerprint density at radius 3 is 1.79 bits per heavy atom. The molecular weight excluding hydrogens is 664 g/mol. The molecule has 0 radical (unpaired) electrons. The van der Waals surface area contributed by atoms with Crippen LogP contribution in [-0.2, 0) is 23.9 Å². The molecule has 0 saturated heterocycles. The topological polar surface area (TPSA) is 171 Å². The van der Waals surface area contributed by atoms with Crippen molar-refractivity contribution in [3.63, 3.8) is 0 Å². The van der Waals surface area contributed by atoms with Crippen LogP contribution in [-0.4, -0.2) is 87.0 Å². The average molecular weight is 723 g/mol. The first-order valence-electron chi connectivity index (χ1n) is 17.4. The van der Waals surface area contributed by atoms with Crippen molar-refractivity contribution < 1.29 is 49.4 Å². The molecule has 0 heterocycles. The second kappa shape index (κ2) is 23.4. The number of ether oxygens (including phenoxy) is 2. The highest BCUT2D eigenvalue weighted by Gasteiger charge is 2.40. The van der Waals surface area contributed by atoms with E-state index in [1.165, 1.54) is 5.57 Å². The Bertz CT molecular complexity index is 1530. The van der Waals surface area contributed by atoms with Crippen molar-refractivity contribution in [2.75, 3.05) is 13.2 Å². The number of Topliss-reactive ketones (excluding diaryl/α,β-unsaturated/α-hetero) is 1. The van der Waals surface area contributed by atoms with Gasteiger partial charge in [-0.15, -0.1) is 0 Å². The Morgan fingerprint density at radius 2 is 1.25 bits per heavy atom. The predicted octanol–water partition coefficient (Wildman–Crippen LogP) is 5.56. The van der Waals surface area contributed by atoms with Crippen molar-refractivity contribution in [3.8, 4) is 0 Å². The number of hydrogen-bond donors (Lipinski definition) is 5. The molecule has 286 valence electrons. The van der Waals surface area contributed by atoms with E-state index in [2.05, 4.69) is 32.1 Å². The van der Waals surface area contributed by atoms with Gasteiger partial charge in [0.2, 0.25) is 0 Å². The molecule has 1 rings (SSSR count). The van der Waals surface area contributed by atoms with Gasteiger partial charge in [-0.2, -0.15) is 0 Å². The van der Waals surface area contributed by atoms with Crippen LogP contribution < -0.4 is 0 Å². The van der Waals surface area contributed by atoms with Gasteiger partial charge in [0, 0.05) is 6.42 Å².